The lowest BCUT2D eigenvalue weighted by molar-refractivity contribution is 0.0333. The van der Waals surface area contributed by atoms with Crippen LogP contribution < -0.4 is 5.32 Å². The predicted molar refractivity (Wildman–Crippen MR) is 70.3 cm³/mol. The van der Waals surface area contributed by atoms with Gasteiger partial charge in [-0.05, 0) is 19.5 Å². The normalized spacial score (nSPS) is 27.6. The highest BCUT2D eigenvalue weighted by molar-refractivity contribution is 4.85. The van der Waals surface area contributed by atoms with Crippen molar-refractivity contribution in [3.63, 3.8) is 0 Å². The Bertz CT molecular complexity index is 273. The third kappa shape index (κ3) is 4.54. The Kier molecular flexibility index (Phi) is 5.88. The molecule has 2 aliphatic heterocycles. The molecule has 2 rings (SSSR count). The van der Waals surface area contributed by atoms with E-state index in [-0.39, 0.29) is 0 Å². The molecule has 1 unspecified atom stereocenters. The Balaban J connectivity index is 1.71. The van der Waals surface area contributed by atoms with Crippen LogP contribution in [0.15, 0.2) is 0 Å². The maximum absolute atomic E-state index is 8.80. The molecule has 5 heteroatoms. The van der Waals surface area contributed by atoms with E-state index in [1.165, 1.54) is 6.42 Å². The van der Waals surface area contributed by atoms with Crippen molar-refractivity contribution in [1.82, 2.24) is 15.1 Å². The summed E-state index contributed by atoms with van der Waals surface area (Å²) in [5, 5.41) is 12.3. The van der Waals surface area contributed by atoms with Gasteiger partial charge in [-0.1, -0.05) is 0 Å². The van der Waals surface area contributed by atoms with Gasteiger partial charge < -0.3 is 15.0 Å². The maximum Gasteiger partial charge on any atom is 0.0638 e. The summed E-state index contributed by atoms with van der Waals surface area (Å²) in [5.41, 5.74) is 0. The van der Waals surface area contributed by atoms with E-state index in [4.69, 9.17) is 10.00 Å². The van der Waals surface area contributed by atoms with Crippen molar-refractivity contribution in [1.29, 1.82) is 5.26 Å². The first-order chi connectivity index (χ1) is 8.88. The molecule has 0 aromatic rings. The Morgan fingerprint density at radius 1 is 1.17 bits per heavy atom. The Hall–Kier alpha value is -0.670. The maximum atomic E-state index is 8.80. The highest BCUT2D eigenvalue weighted by atomic mass is 16.5. The molecule has 0 radical (unpaired) electrons. The van der Waals surface area contributed by atoms with Gasteiger partial charge in [0.1, 0.15) is 0 Å². The lowest BCUT2D eigenvalue weighted by Crippen LogP contribution is -2.44. The molecule has 2 fully saturated rings. The first-order valence-corrected chi connectivity index (χ1v) is 7.01. The highest BCUT2D eigenvalue weighted by Gasteiger charge is 2.18. The van der Waals surface area contributed by atoms with E-state index in [9.17, 15) is 0 Å². The quantitative estimate of drug-likeness (QED) is 0.757. The second-order valence-electron chi connectivity index (χ2n) is 5.12. The standard InChI is InChI=1S/C13H24N4O/c14-3-2-13-12-17(5-1-4-15-13)7-6-16-8-10-18-11-9-16/h13,15H,1-2,4-12H2. The minimum Gasteiger partial charge on any atom is -0.379 e. The summed E-state index contributed by atoms with van der Waals surface area (Å²) < 4.78 is 5.36. The van der Waals surface area contributed by atoms with E-state index < -0.39 is 0 Å². The van der Waals surface area contributed by atoms with Crippen molar-refractivity contribution in [3.8, 4) is 6.07 Å². The fraction of sp³-hybridized carbons (Fsp3) is 0.923. The Morgan fingerprint density at radius 2 is 1.94 bits per heavy atom. The highest BCUT2D eigenvalue weighted by Crippen LogP contribution is 2.04. The molecule has 2 aliphatic rings. The molecule has 0 bridgehead atoms. The molecule has 2 saturated heterocycles. The molecule has 0 spiro atoms. The van der Waals surface area contributed by atoms with Gasteiger partial charge >= 0.3 is 0 Å². The fourth-order valence-electron chi connectivity index (χ4n) is 2.63. The molecule has 18 heavy (non-hydrogen) atoms. The van der Waals surface area contributed by atoms with E-state index in [0.717, 1.165) is 59.0 Å². The van der Waals surface area contributed by atoms with Crippen molar-refractivity contribution in [2.24, 2.45) is 0 Å². The van der Waals surface area contributed by atoms with Crippen LogP contribution in [0.4, 0.5) is 0 Å². The number of nitriles is 1. The lowest BCUT2D eigenvalue weighted by atomic mass is 10.2. The number of hydrogen-bond acceptors (Lipinski definition) is 5. The summed E-state index contributed by atoms with van der Waals surface area (Å²) in [6.07, 6.45) is 1.80. The lowest BCUT2D eigenvalue weighted by Gasteiger charge is -2.30. The number of nitrogens with one attached hydrogen (secondary N) is 1. The predicted octanol–water partition coefficient (Wildman–Crippen LogP) is -0.104. The summed E-state index contributed by atoms with van der Waals surface area (Å²) in [6.45, 7) is 9.32. The minimum absolute atomic E-state index is 0.349. The van der Waals surface area contributed by atoms with E-state index >= 15 is 0 Å². The van der Waals surface area contributed by atoms with Gasteiger partial charge in [0.2, 0.25) is 0 Å². The summed E-state index contributed by atoms with van der Waals surface area (Å²) in [5.74, 6) is 0. The van der Waals surface area contributed by atoms with Crippen molar-refractivity contribution >= 4 is 0 Å². The Labute approximate surface area is 110 Å². The van der Waals surface area contributed by atoms with Gasteiger partial charge in [0, 0.05) is 38.8 Å². The zero-order chi connectivity index (χ0) is 12.6. The van der Waals surface area contributed by atoms with Crippen molar-refractivity contribution < 1.29 is 4.74 Å². The number of ether oxygens (including phenoxy) is 1. The van der Waals surface area contributed by atoms with Gasteiger partial charge in [-0.25, -0.2) is 0 Å². The molecular weight excluding hydrogens is 228 g/mol. The number of morpholine rings is 1. The first-order valence-electron chi connectivity index (χ1n) is 7.01. The number of hydrogen-bond donors (Lipinski definition) is 1. The van der Waals surface area contributed by atoms with Gasteiger partial charge in [0.15, 0.2) is 0 Å². The van der Waals surface area contributed by atoms with E-state index in [1.54, 1.807) is 0 Å². The van der Waals surface area contributed by atoms with Crippen molar-refractivity contribution in [2.75, 3.05) is 59.0 Å². The summed E-state index contributed by atoms with van der Waals surface area (Å²) in [4.78, 5) is 4.97. The molecule has 0 aromatic heterocycles. The van der Waals surface area contributed by atoms with Crippen LogP contribution in [0.1, 0.15) is 12.8 Å². The van der Waals surface area contributed by atoms with Gasteiger partial charge in [-0.15, -0.1) is 0 Å². The van der Waals surface area contributed by atoms with E-state index in [0.29, 0.717) is 12.5 Å². The molecule has 0 aromatic carbocycles. The minimum atomic E-state index is 0.349. The van der Waals surface area contributed by atoms with E-state index in [2.05, 4.69) is 21.2 Å². The van der Waals surface area contributed by atoms with Crippen molar-refractivity contribution in [2.45, 2.75) is 18.9 Å². The third-order valence-corrected chi connectivity index (χ3v) is 3.74. The van der Waals surface area contributed by atoms with Crippen LogP contribution >= 0.6 is 0 Å². The summed E-state index contributed by atoms with van der Waals surface area (Å²) in [6, 6.07) is 2.62. The van der Waals surface area contributed by atoms with Crippen molar-refractivity contribution in [3.05, 3.63) is 0 Å². The van der Waals surface area contributed by atoms with Crippen LogP contribution in [0.3, 0.4) is 0 Å². The van der Waals surface area contributed by atoms with Crippen LogP contribution in [0.5, 0.6) is 0 Å². The fourth-order valence-corrected chi connectivity index (χ4v) is 2.63. The molecule has 2 heterocycles. The third-order valence-electron chi connectivity index (χ3n) is 3.74. The van der Waals surface area contributed by atoms with Crippen LogP contribution in [-0.4, -0.2) is 74.9 Å². The Morgan fingerprint density at radius 3 is 2.72 bits per heavy atom. The van der Waals surface area contributed by atoms with Crippen LogP contribution in [0.25, 0.3) is 0 Å². The van der Waals surface area contributed by atoms with Gasteiger partial charge in [-0.3, -0.25) is 4.90 Å². The van der Waals surface area contributed by atoms with Gasteiger partial charge in [0.05, 0.1) is 25.7 Å². The molecule has 1 atom stereocenters. The average Bonchev–Trinajstić information content (AvgIpc) is 2.63. The summed E-state index contributed by atoms with van der Waals surface area (Å²) in [7, 11) is 0. The van der Waals surface area contributed by atoms with Crippen LogP contribution in [0, 0.1) is 11.3 Å². The van der Waals surface area contributed by atoms with E-state index in [1.807, 2.05) is 0 Å². The SMILES string of the molecule is N#CCC1CN(CCN2CCOCC2)CCCN1. The molecule has 5 nitrogen and oxygen atoms in total. The second kappa shape index (κ2) is 7.70. The second-order valence-corrected chi connectivity index (χ2v) is 5.12. The topological polar surface area (TPSA) is 51.5 Å². The van der Waals surface area contributed by atoms with Crippen LogP contribution in [-0.2, 0) is 4.74 Å². The largest absolute Gasteiger partial charge is 0.379 e. The van der Waals surface area contributed by atoms with Gasteiger partial charge in [0.25, 0.3) is 0 Å². The molecule has 0 aliphatic carbocycles. The smallest absolute Gasteiger partial charge is 0.0638 e. The molecule has 0 amide bonds. The number of rotatable bonds is 4. The van der Waals surface area contributed by atoms with Gasteiger partial charge in [-0.2, -0.15) is 5.26 Å². The first kappa shape index (κ1) is 13.8. The molecule has 0 saturated carbocycles. The monoisotopic (exact) mass is 252 g/mol. The zero-order valence-corrected chi connectivity index (χ0v) is 11.1. The number of nitrogens with zero attached hydrogens (tertiary/aromatic N) is 3. The van der Waals surface area contributed by atoms with Crippen LogP contribution in [0.2, 0.25) is 0 Å². The summed E-state index contributed by atoms with van der Waals surface area (Å²) >= 11 is 0. The molecule has 1 N–H and O–H groups in total. The molecular formula is C13H24N4O. The average molecular weight is 252 g/mol. The molecule has 102 valence electrons. The zero-order valence-electron chi connectivity index (χ0n) is 11.1.